The van der Waals surface area contributed by atoms with Crippen LogP contribution in [0.3, 0.4) is 0 Å². The van der Waals surface area contributed by atoms with Crippen LogP contribution in [0.15, 0.2) is 42.5 Å². The second-order valence-electron chi connectivity index (χ2n) is 3.24. The molecule has 0 heterocycles. The minimum absolute atomic E-state index is 0.400. The Balaban J connectivity index is 2.08. The third-order valence-electron chi connectivity index (χ3n) is 2.10. The van der Waals surface area contributed by atoms with Crippen molar-refractivity contribution >= 4 is 23.2 Å². The van der Waals surface area contributed by atoms with Crippen LogP contribution in [-0.4, -0.2) is 0 Å². The predicted molar refractivity (Wildman–Crippen MR) is 66.1 cm³/mol. The maximum atomic E-state index is 6.04. The van der Waals surface area contributed by atoms with Crippen LogP contribution in [0.2, 0.25) is 10.0 Å². The van der Waals surface area contributed by atoms with Crippen molar-refractivity contribution in [2.75, 3.05) is 0 Å². The molecular weight excluding hydrogens is 243 g/mol. The van der Waals surface area contributed by atoms with Gasteiger partial charge in [0, 0.05) is 5.56 Å². The molecule has 1 radical (unpaired) electrons. The van der Waals surface area contributed by atoms with Gasteiger partial charge in [-0.15, -0.1) is 0 Å². The second kappa shape index (κ2) is 5.24. The normalized spacial score (nSPS) is 10.1. The Hall–Kier alpha value is -1.18. The summed E-state index contributed by atoms with van der Waals surface area (Å²) in [6.45, 7) is 0.400. The molecule has 1 nitrogen and oxygen atoms in total. The van der Waals surface area contributed by atoms with E-state index in [1.54, 1.807) is 12.1 Å². The van der Waals surface area contributed by atoms with E-state index in [1.165, 1.54) is 0 Å². The highest BCUT2D eigenvalue weighted by atomic mass is 35.5. The minimum atomic E-state index is 0.400. The monoisotopic (exact) mass is 251 g/mol. The molecule has 0 unspecified atom stereocenters. The smallest absolute Gasteiger partial charge is 0.120 e. The Labute approximate surface area is 105 Å². The van der Waals surface area contributed by atoms with Crippen LogP contribution < -0.4 is 4.74 Å². The van der Waals surface area contributed by atoms with Crippen molar-refractivity contribution in [1.29, 1.82) is 0 Å². The number of ether oxygens (including phenoxy) is 1. The Morgan fingerprint density at radius 3 is 2.75 bits per heavy atom. The number of benzene rings is 2. The zero-order chi connectivity index (χ0) is 11.4. The van der Waals surface area contributed by atoms with E-state index < -0.39 is 0 Å². The van der Waals surface area contributed by atoms with Crippen molar-refractivity contribution in [1.82, 2.24) is 0 Å². The van der Waals surface area contributed by atoms with E-state index in [0.717, 1.165) is 11.3 Å². The zero-order valence-corrected chi connectivity index (χ0v) is 9.92. The van der Waals surface area contributed by atoms with Crippen molar-refractivity contribution in [2.24, 2.45) is 0 Å². The molecule has 0 aliphatic carbocycles. The second-order valence-corrected chi connectivity index (χ2v) is 4.03. The van der Waals surface area contributed by atoms with Gasteiger partial charge in [0.1, 0.15) is 12.4 Å². The molecule has 2 aromatic rings. The van der Waals surface area contributed by atoms with E-state index in [1.807, 2.05) is 30.3 Å². The van der Waals surface area contributed by atoms with Crippen molar-refractivity contribution < 1.29 is 4.74 Å². The first-order valence-electron chi connectivity index (χ1n) is 4.79. The summed E-state index contributed by atoms with van der Waals surface area (Å²) in [6, 6.07) is 15.8. The average molecular weight is 252 g/mol. The van der Waals surface area contributed by atoms with Crippen LogP contribution >= 0.6 is 23.2 Å². The topological polar surface area (TPSA) is 9.23 Å². The van der Waals surface area contributed by atoms with Gasteiger partial charge in [0.2, 0.25) is 0 Å². The molecule has 0 aromatic heterocycles. The van der Waals surface area contributed by atoms with Crippen molar-refractivity contribution in [2.45, 2.75) is 6.61 Å². The summed E-state index contributed by atoms with van der Waals surface area (Å²) in [6.07, 6.45) is 0. The van der Waals surface area contributed by atoms with Gasteiger partial charge in [-0.3, -0.25) is 0 Å². The van der Waals surface area contributed by atoms with Crippen molar-refractivity contribution in [3.8, 4) is 5.75 Å². The lowest BCUT2D eigenvalue weighted by Gasteiger charge is -2.08. The third kappa shape index (κ3) is 2.69. The highest BCUT2D eigenvalue weighted by molar-refractivity contribution is 6.42. The van der Waals surface area contributed by atoms with Gasteiger partial charge in [-0.25, -0.2) is 0 Å². The molecule has 0 fully saturated rings. The van der Waals surface area contributed by atoms with Gasteiger partial charge in [0.15, 0.2) is 0 Å². The van der Waals surface area contributed by atoms with Gasteiger partial charge < -0.3 is 4.74 Å². The molecule has 2 rings (SSSR count). The first kappa shape index (κ1) is 11.3. The van der Waals surface area contributed by atoms with Crippen LogP contribution in [0.4, 0.5) is 0 Å². The molecule has 3 heteroatoms. The Morgan fingerprint density at radius 1 is 1.12 bits per heavy atom. The lowest BCUT2D eigenvalue weighted by molar-refractivity contribution is 0.306. The predicted octanol–water partition coefficient (Wildman–Crippen LogP) is 4.37. The van der Waals surface area contributed by atoms with E-state index in [2.05, 4.69) is 6.07 Å². The molecule has 16 heavy (non-hydrogen) atoms. The first-order chi connectivity index (χ1) is 7.77. The number of hydrogen-bond acceptors (Lipinski definition) is 1. The lowest BCUT2D eigenvalue weighted by Crippen LogP contribution is -1.96. The van der Waals surface area contributed by atoms with E-state index in [-0.39, 0.29) is 0 Å². The Kier molecular flexibility index (Phi) is 3.70. The maximum absolute atomic E-state index is 6.04. The zero-order valence-electron chi connectivity index (χ0n) is 8.41. The molecule has 0 amide bonds. The largest absolute Gasteiger partial charge is 0.489 e. The highest BCUT2D eigenvalue weighted by Crippen LogP contribution is 2.26. The highest BCUT2D eigenvalue weighted by Gasteiger charge is 2.04. The maximum Gasteiger partial charge on any atom is 0.120 e. The minimum Gasteiger partial charge on any atom is -0.489 e. The molecule has 81 valence electrons. The summed E-state index contributed by atoms with van der Waals surface area (Å²) in [5.41, 5.74) is 0.873. The summed E-state index contributed by atoms with van der Waals surface area (Å²) >= 11 is 11.9. The number of rotatable bonds is 3. The number of hydrogen-bond donors (Lipinski definition) is 0. The van der Waals surface area contributed by atoms with Gasteiger partial charge >= 0.3 is 0 Å². The lowest BCUT2D eigenvalue weighted by atomic mass is 10.2. The molecule has 0 aliphatic heterocycles. The quantitative estimate of drug-likeness (QED) is 0.787. The summed E-state index contributed by atoms with van der Waals surface area (Å²) in [5, 5.41) is 1.09. The molecule has 2 aromatic carbocycles. The Morgan fingerprint density at radius 2 is 2.00 bits per heavy atom. The van der Waals surface area contributed by atoms with Gasteiger partial charge in [-0.2, -0.15) is 0 Å². The van der Waals surface area contributed by atoms with E-state index in [4.69, 9.17) is 27.9 Å². The van der Waals surface area contributed by atoms with Crippen LogP contribution in [0.25, 0.3) is 0 Å². The van der Waals surface area contributed by atoms with Crippen LogP contribution in [-0.2, 0) is 6.61 Å². The molecular formula is C13H9Cl2O. The fourth-order valence-electron chi connectivity index (χ4n) is 1.29. The molecule has 0 saturated heterocycles. The van der Waals surface area contributed by atoms with E-state index in [0.29, 0.717) is 16.7 Å². The first-order valence-corrected chi connectivity index (χ1v) is 5.55. The molecule has 0 aliphatic rings. The van der Waals surface area contributed by atoms with Gasteiger partial charge in [0.25, 0.3) is 0 Å². The van der Waals surface area contributed by atoms with Crippen LogP contribution in [0.5, 0.6) is 5.75 Å². The molecule has 0 N–H and O–H groups in total. The van der Waals surface area contributed by atoms with Crippen LogP contribution in [0, 0.1) is 6.07 Å². The summed E-state index contributed by atoms with van der Waals surface area (Å²) in [4.78, 5) is 0. The molecule has 0 atom stereocenters. The molecule has 0 saturated carbocycles. The Bertz CT molecular complexity index is 469. The third-order valence-corrected chi connectivity index (χ3v) is 2.96. The fraction of sp³-hybridized carbons (Fsp3) is 0.0769. The molecule has 0 bridgehead atoms. The number of halogens is 2. The van der Waals surface area contributed by atoms with E-state index in [9.17, 15) is 0 Å². The van der Waals surface area contributed by atoms with Gasteiger partial charge in [-0.1, -0.05) is 47.5 Å². The summed E-state index contributed by atoms with van der Waals surface area (Å²) in [5.74, 6) is 0.763. The van der Waals surface area contributed by atoms with Crippen molar-refractivity contribution in [3.63, 3.8) is 0 Å². The summed E-state index contributed by atoms with van der Waals surface area (Å²) < 4.78 is 5.55. The van der Waals surface area contributed by atoms with E-state index >= 15 is 0 Å². The van der Waals surface area contributed by atoms with Gasteiger partial charge in [-0.05, 0) is 24.3 Å². The summed E-state index contributed by atoms with van der Waals surface area (Å²) in [7, 11) is 0. The van der Waals surface area contributed by atoms with Gasteiger partial charge in [0.05, 0.1) is 10.0 Å². The SMILES string of the molecule is Clc1cccc(COc2c[c]ccc2)c1Cl. The molecule has 0 spiro atoms. The fourth-order valence-corrected chi connectivity index (χ4v) is 1.66. The van der Waals surface area contributed by atoms with Crippen LogP contribution in [0.1, 0.15) is 5.56 Å². The average Bonchev–Trinajstić information content (AvgIpc) is 2.32. The standard InChI is InChI=1S/C13H9Cl2O/c14-12-8-4-5-10(13(12)15)9-16-11-6-2-1-3-7-11/h1-2,4-8H,9H2. The van der Waals surface area contributed by atoms with Crippen molar-refractivity contribution in [3.05, 3.63) is 64.1 Å².